The lowest BCUT2D eigenvalue weighted by molar-refractivity contribution is -0.148. The average Bonchev–Trinajstić information content (AvgIpc) is 4.05. The number of hydrogen-bond donors (Lipinski definition) is 6. The van der Waals surface area contributed by atoms with Crippen molar-refractivity contribution in [2.75, 3.05) is 18.9 Å². The van der Waals surface area contributed by atoms with Crippen molar-refractivity contribution in [3.05, 3.63) is 77.1 Å². The number of nitrogens with one attached hydrogen (secondary N) is 1. The van der Waals surface area contributed by atoms with E-state index in [9.17, 15) is 29.4 Å². The lowest BCUT2D eigenvalue weighted by Crippen LogP contribution is -2.51. The molecule has 13 heteroatoms. The molecule has 0 bridgehead atoms. The molecule has 6 N–H and O–H groups in total. The molecule has 5 atom stereocenters. The maximum Gasteiger partial charge on any atom is 0.251 e. The van der Waals surface area contributed by atoms with Crippen LogP contribution in [0.25, 0.3) is 11.1 Å². The number of para-hydroxylation sites is 1. The Morgan fingerprint density at radius 2 is 1.79 bits per heavy atom. The van der Waals surface area contributed by atoms with Crippen molar-refractivity contribution in [1.29, 1.82) is 0 Å². The van der Waals surface area contributed by atoms with Gasteiger partial charge < -0.3 is 40.3 Å². The first kappa shape index (κ1) is 36.3. The number of carbonyl (C=O) groups excluding carboxylic acids is 1. The predicted octanol–water partition coefficient (Wildman–Crippen LogP) is 2.98. The van der Waals surface area contributed by atoms with Crippen molar-refractivity contribution < 1.29 is 44.0 Å². The molecule has 260 valence electrons. The molecule has 0 aliphatic heterocycles. The highest BCUT2D eigenvalue weighted by Crippen LogP contribution is 2.53. The molecule has 1 heterocycles. The molecule has 3 aromatic rings. The number of carbonyl (C=O) groups is 1. The van der Waals surface area contributed by atoms with Gasteiger partial charge in [0.2, 0.25) is 0 Å². The van der Waals surface area contributed by atoms with Gasteiger partial charge in [-0.2, -0.15) is 0 Å². The smallest absolute Gasteiger partial charge is 0.251 e. The van der Waals surface area contributed by atoms with E-state index < -0.39 is 53.3 Å². The van der Waals surface area contributed by atoms with Crippen molar-refractivity contribution in [2.45, 2.75) is 92.6 Å². The number of aromatic nitrogens is 1. The van der Waals surface area contributed by atoms with E-state index in [0.717, 1.165) is 53.7 Å². The fraction of sp³-hybridized carbons (Fsp3) is 0.486. The van der Waals surface area contributed by atoms with E-state index >= 15 is 0 Å². The highest BCUT2D eigenvalue weighted by atomic mass is 35.5. The second-order valence-corrected chi connectivity index (χ2v) is 14.3. The molecule has 2 fully saturated rings. The number of rotatable bonds is 19. The first-order chi connectivity index (χ1) is 23.1. The summed E-state index contributed by atoms with van der Waals surface area (Å²) >= 11 is 6.55. The van der Waals surface area contributed by atoms with Crippen molar-refractivity contribution in [2.24, 2.45) is 0 Å². The Kier molecular flexibility index (Phi) is 12.6. The number of aliphatic hydroxyl groups is 5. The highest BCUT2D eigenvalue weighted by Gasteiger charge is 2.48. The molecule has 1 aromatic heterocycles. The van der Waals surface area contributed by atoms with E-state index in [2.05, 4.69) is 16.4 Å². The molecule has 2 aromatic carbocycles. The number of halogens is 1. The quantitative estimate of drug-likeness (QED) is 0.102. The topological polar surface area (TPSA) is 179 Å². The largest absolute Gasteiger partial charge is 0.490 e. The maximum absolute atomic E-state index is 13.1. The van der Waals surface area contributed by atoms with Crippen LogP contribution in [-0.2, 0) is 32.5 Å². The van der Waals surface area contributed by atoms with Gasteiger partial charge in [0.15, 0.2) is 6.10 Å². The van der Waals surface area contributed by atoms with Crippen LogP contribution < -0.4 is 10.1 Å². The number of ether oxygens (including phenoxy) is 2. The zero-order valence-electron chi connectivity index (χ0n) is 26.5. The van der Waals surface area contributed by atoms with Crippen LogP contribution in [0.3, 0.4) is 0 Å². The van der Waals surface area contributed by atoms with Gasteiger partial charge in [-0.05, 0) is 80.0 Å². The summed E-state index contributed by atoms with van der Waals surface area (Å²) in [6.07, 6.45) is 2.04. The van der Waals surface area contributed by atoms with Gasteiger partial charge in [-0.25, -0.2) is 0 Å². The van der Waals surface area contributed by atoms with Crippen LogP contribution in [0, 0.1) is 0 Å². The highest BCUT2D eigenvalue weighted by molar-refractivity contribution is 7.85. The van der Waals surface area contributed by atoms with E-state index in [4.69, 9.17) is 26.2 Å². The zero-order valence-corrected chi connectivity index (χ0v) is 28.1. The number of amides is 1. The summed E-state index contributed by atoms with van der Waals surface area (Å²) in [6, 6.07) is 15.4. The Labute approximate surface area is 287 Å². The fourth-order valence-electron chi connectivity index (χ4n) is 5.42. The molecule has 0 radical (unpaired) electrons. The Hall–Kier alpha value is -2.94. The molecule has 2 saturated carbocycles. The van der Waals surface area contributed by atoms with Crippen molar-refractivity contribution >= 4 is 28.3 Å². The van der Waals surface area contributed by atoms with Crippen LogP contribution in [-0.4, -0.2) is 90.1 Å². The third kappa shape index (κ3) is 9.19. The summed E-state index contributed by atoms with van der Waals surface area (Å²) in [7, 11) is -1.29. The number of aliphatic hydroxyl groups excluding tert-OH is 5. The third-order valence-corrected chi connectivity index (χ3v) is 10.4. The number of nitrogens with zero attached hydrogens (tertiary/aromatic N) is 1. The van der Waals surface area contributed by atoms with Gasteiger partial charge >= 0.3 is 0 Å². The second-order valence-electron chi connectivity index (χ2n) is 12.3. The molecule has 1 unspecified atom stereocenters. The lowest BCUT2D eigenvalue weighted by Gasteiger charge is -2.24. The maximum atomic E-state index is 13.1. The van der Waals surface area contributed by atoms with Crippen LogP contribution in [0.2, 0.25) is 5.02 Å². The molecule has 2 aliphatic rings. The lowest BCUT2D eigenvalue weighted by atomic mass is 9.96. The molecule has 1 amide bonds. The van der Waals surface area contributed by atoms with Crippen LogP contribution in [0.4, 0.5) is 0 Å². The van der Waals surface area contributed by atoms with Gasteiger partial charge in [-0.15, -0.1) is 0 Å². The van der Waals surface area contributed by atoms with E-state index in [0.29, 0.717) is 34.9 Å². The number of pyridine rings is 1. The molecular formula is C35H43ClN2O9S. The summed E-state index contributed by atoms with van der Waals surface area (Å²) in [5.41, 5.74) is 3.30. The minimum Gasteiger partial charge on any atom is -0.490 e. The van der Waals surface area contributed by atoms with Gasteiger partial charge in [0.25, 0.3) is 5.91 Å². The summed E-state index contributed by atoms with van der Waals surface area (Å²) < 4.78 is 25.9. The Bertz CT molecular complexity index is 1570. The van der Waals surface area contributed by atoms with Gasteiger partial charge in [-0.1, -0.05) is 36.2 Å². The van der Waals surface area contributed by atoms with Gasteiger partial charge in [0.1, 0.15) is 24.1 Å². The average molecular weight is 703 g/mol. The standard InChI is InChI=1S/C35H43ClN2O9S/c36-28-11-10-24(48(45)17-5-1-4-15-38-34(44)33(43)32(42)31(41)29(40)20-39)18-22(28)21-46-35(13-14-35)27-19-37-16-12-25(27)26-6-2-3-7-30(26)47-23-8-9-23/h2-3,6-7,10-12,16,18-19,23,29,31-33,39-43H,1,4-5,8-9,13-15,17,20-21H2,(H,38,44)/t29-,31+,32-,33-,48?/m0/s1. The molecule has 5 rings (SSSR count). The molecule has 11 nitrogen and oxygen atoms in total. The molecule has 0 saturated heterocycles. The summed E-state index contributed by atoms with van der Waals surface area (Å²) in [5.74, 6) is 0.345. The minimum absolute atomic E-state index is 0.190. The SMILES string of the molecule is O=C(NCCCCCS(=O)c1ccc(Cl)c(COC2(c3cnccc3-c3ccccc3OC3CC3)CC2)c1)[C@@H](O)[C@@H](O)[C@H](O)[C@@H](O)CO. The van der Waals surface area contributed by atoms with E-state index in [1.165, 1.54) is 0 Å². The Balaban J connectivity index is 1.11. The van der Waals surface area contributed by atoms with Crippen molar-refractivity contribution in [3.63, 3.8) is 0 Å². The first-order valence-corrected chi connectivity index (χ1v) is 18.0. The minimum atomic E-state index is -1.97. The van der Waals surface area contributed by atoms with Crippen LogP contribution in [0.1, 0.15) is 56.1 Å². The normalized spacial score (nSPS) is 18.4. The van der Waals surface area contributed by atoms with Gasteiger partial charge in [0.05, 0.1) is 35.7 Å². The zero-order chi connectivity index (χ0) is 34.3. The number of unbranched alkanes of at least 4 members (excludes halogenated alkanes) is 2. The number of hydrogen-bond acceptors (Lipinski definition) is 10. The summed E-state index contributed by atoms with van der Waals surface area (Å²) in [6.45, 7) is -0.399. The van der Waals surface area contributed by atoms with Crippen molar-refractivity contribution in [3.8, 4) is 16.9 Å². The van der Waals surface area contributed by atoms with Gasteiger partial charge in [0, 0.05) is 45.7 Å². The monoisotopic (exact) mass is 702 g/mol. The third-order valence-electron chi connectivity index (χ3n) is 8.62. The van der Waals surface area contributed by atoms with E-state index in [1.54, 1.807) is 18.3 Å². The van der Waals surface area contributed by atoms with E-state index in [1.807, 2.05) is 36.5 Å². The van der Waals surface area contributed by atoms with Crippen molar-refractivity contribution in [1.82, 2.24) is 10.3 Å². The second kappa shape index (κ2) is 16.6. The molecule has 0 spiro atoms. The van der Waals surface area contributed by atoms with Gasteiger partial charge in [-0.3, -0.25) is 14.0 Å². The Morgan fingerprint density at radius 1 is 1.02 bits per heavy atom. The van der Waals surface area contributed by atoms with Crippen LogP contribution >= 0.6 is 11.6 Å². The molecular weight excluding hydrogens is 660 g/mol. The Morgan fingerprint density at radius 3 is 2.52 bits per heavy atom. The fourth-order valence-corrected chi connectivity index (χ4v) is 6.79. The van der Waals surface area contributed by atoms with Crippen LogP contribution in [0.5, 0.6) is 5.75 Å². The summed E-state index contributed by atoms with van der Waals surface area (Å²) in [4.78, 5) is 17.1. The van der Waals surface area contributed by atoms with Crippen LogP contribution in [0.15, 0.2) is 65.8 Å². The predicted molar refractivity (Wildman–Crippen MR) is 180 cm³/mol. The molecule has 48 heavy (non-hydrogen) atoms. The van der Waals surface area contributed by atoms with E-state index in [-0.39, 0.29) is 19.3 Å². The first-order valence-electron chi connectivity index (χ1n) is 16.3. The summed E-state index contributed by atoms with van der Waals surface area (Å²) in [5, 5.41) is 50.6. The molecule has 2 aliphatic carbocycles. The number of benzene rings is 2.